The van der Waals surface area contributed by atoms with E-state index >= 15 is 0 Å². The first-order valence-electron chi connectivity index (χ1n) is 7.57. The van der Waals surface area contributed by atoms with E-state index in [1.54, 1.807) is 0 Å². The zero-order chi connectivity index (χ0) is 18.0. The van der Waals surface area contributed by atoms with Crippen molar-refractivity contribution in [1.29, 1.82) is 0 Å². The molecule has 1 aromatic carbocycles. The van der Waals surface area contributed by atoms with Gasteiger partial charge in [-0.2, -0.15) is 13.2 Å². The van der Waals surface area contributed by atoms with Gasteiger partial charge in [0.05, 0.1) is 0 Å². The highest BCUT2D eigenvalue weighted by Crippen LogP contribution is 2.41. The van der Waals surface area contributed by atoms with Gasteiger partial charge in [0.1, 0.15) is 12.1 Å². The van der Waals surface area contributed by atoms with Crippen LogP contribution in [-0.2, 0) is 4.79 Å². The van der Waals surface area contributed by atoms with E-state index < -0.39 is 43.0 Å². The number of halogens is 5. The molecule has 0 radical (unpaired) electrons. The lowest BCUT2D eigenvalue weighted by Crippen LogP contribution is -2.47. The number of rotatable bonds is 8. The average Bonchev–Trinajstić information content (AvgIpc) is 3.25. The number of carbonyl (C=O) groups is 1. The Kier molecular flexibility index (Phi) is 5.47. The molecule has 2 rings (SSSR count). The minimum absolute atomic E-state index is 0.165. The third kappa shape index (κ3) is 5.43. The molecule has 1 aliphatic carbocycles. The van der Waals surface area contributed by atoms with Crippen molar-refractivity contribution < 1.29 is 31.9 Å². The number of carboxylic acid groups (broad SMARTS) is 1. The molecule has 8 heteroatoms. The summed E-state index contributed by atoms with van der Waals surface area (Å²) >= 11 is 0. The molecular weight excluding hydrogens is 333 g/mol. The fraction of sp³-hybridized carbons (Fsp3) is 0.562. The van der Waals surface area contributed by atoms with Crippen LogP contribution in [0.3, 0.4) is 0 Å². The summed E-state index contributed by atoms with van der Waals surface area (Å²) in [5, 5.41) is 10.9. The first kappa shape index (κ1) is 18.6. The summed E-state index contributed by atoms with van der Waals surface area (Å²) in [4.78, 5) is 11.2. The molecule has 1 fully saturated rings. The molecule has 0 aromatic heterocycles. The highest BCUT2D eigenvalue weighted by Gasteiger charge is 2.46. The monoisotopic (exact) mass is 351 g/mol. The molecule has 1 unspecified atom stereocenters. The number of hydrogen-bond donors (Lipinski definition) is 2. The fourth-order valence-corrected chi connectivity index (χ4v) is 2.57. The SMILES string of the molecule is O=C(O)[C@H](CC(F)(F)CC1CC1)NC(c1ccccc1)C(F)(F)F. The van der Waals surface area contributed by atoms with Crippen molar-refractivity contribution >= 4 is 5.97 Å². The Morgan fingerprint density at radius 1 is 1.17 bits per heavy atom. The number of nitrogens with one attached hydrogen (secondary N) is 1. The quantitative estimate of drug-likeness (QED) is 0.692. The molecule has 24 heavy (non-hydrogen) atoms. The summed E-state index contributed by atoms with van der Waals surface area (Å²) in [6.07, 6.45) is -5.16. The molecule has 1 aliphatic rings. The van der Waals surface area contributed by atoms with E-state index in [1.807, 2.05) is 5.32 Å². The predicted octanol–water partition coefficient (Wildman–Crippen LogP) is 4.16. The van der Waals surface area contributed by atoms with Crippen molar-refractivity contribution in [3.8, 4) is 0 Å². The van der Waals surface area contributed by atoms with Crippen LogP contribution in [0.2, 0.25) is 0 Å². The van der Waals surface area contributed by atoms with Crippen LogP contribution in [0.1, 0.15) is 37.3 Å². The van der Waals surface area contributed by atoms with Crippen molar-refractivity contribution in [1.82, 2.24) is 5.32 Å². The topological polar surface area (TPSA) is 49.3 Å². The molecule has 3 nitrogen and oxygen atoms in total. The lowest BCUT2D eigenvalue weighted by Gasteiger charge is -2.28. The van der Waals surface area contributed by atoms with Crippen LogP contribution in [-0.4, -0.2) is 29.2 Å². The maximum atomic E-state index is 13.9. The summed E-state index contributed by atoms with van der Waals surface area (Å²) in [6, 6.07) is 2.27. The molecule has 134 valence electrons. The zero-order valence-electron chi connectivity index (χ0n) is 12.7. The Bertz CT molecular complexity index is 557. The van der Waals surface area contributed by atoms with Gasteiger partial charge in [-0.15, -0.1) is 0 Å². The van der Waals surface area contributed by atoms with Gasteiger partial charge >= 0.3 is 12.1 Å². The van der Waals surface area contributed by atoms with Gasteiger partial charge in [-0.25, -0.2) is 8.78 Å². The predicted molar refractivity (Wildman–Crippen MR) is 76.7 cm³/mol. The fourth-order valence-electron chi connectivity index (χ4n) is 2.57. The first-order valence-corrected chi connectivity index (χ1v) is 7.57. The lowest BCUT2D eigenvalue weighted by atomic mass is 10.00. The van der Waals surface area contributed by atoms with E-state index in [0.29, 0.717) is 12.8 Å². The van der Waals surface area contributed by atoms with Crippen molar-refractivity contribution in [2.45, 2.75) is 49.9 Å². The maximum Gasteiger partial charge on any atom is 0.407 e. The first-order chi connectivity index (χ1) is 11.1. The molecule has 0 bridgehead atoms. The van der Waals surface area contributed by atoms with E-state index in [9.17, 15) is 26.7 Å². The van der Waals surface area contributed by atoms with Crippen LogP contribution >= 0.6 is 0 Å². The van der Waals surface area contributed by atoms with Gasteiger partial charge in [0, 0.05) is 12.8 Å². The number of benzene rings is 1. The van der Waals surface area contributed by atoms with E-state index in [-0.39, 0.29) is 11.5 Å². The molecule has 2 atom stereocenters. The van der Waals surface area contributed by atoms with Gasteiger partial charge < -0.3 is 5.11 Å². The van der Waals surface area contributed by atoms with Gasteiger partial charge in [0.2, 0.25) is 0 Å². The number of carboxylic acids is 1. The normalized spacial score (nSPS) is 18.2. The largest absolute Gasteiger partial charge is 0.480 e. The highest BCUT2D eigenvalue weighted by atomic mass is 19.4. The van der Waals surface area contributed by atoms with Gasteiger partial charge in [-0.3, -0.25) is 10.1 Å². The summed E-state index contributed by atoms with van der Waals surface area (Å²) < 4.78 is 67.5. The lowest BCUT2D eigenvalue weighted by molar-refractivity contribution is -0.166. The van der Waals surface area contributed by atoms with Gasteiger partial charge in [-0.1, -0.05) is 30.3 Å². The van der Waals surface area contributed by atoms with Crippen molar-refractivity contribution in [3.05, 3.63) is 35.9 Å². The Balaban J connectivity index is 2.15. The molecule has 0 spiro atoms. The second-order valence-electron chi connectivity index (χ2n) is 6.15. The second kappa shape index (κ2) is 7.04. The number of alkyl halides is 5. The average molecular weight is 351 g/mol. The minimum Gasteiger partial charge on any atom is -0.480 e. The third-order valence-corrected chi connectivity index (χ3v) is 3.91. The van der Waals surface area contributed by atoms with Crippen LogP contribution in [0.15, 0.2) is 30.3 Å². The molecule has 0 aliphatic heterocycles. The van der Waals surface area contributed by atoms with E-state index in [2.05, 4.69) is 0 Å². The summed E-state index contributed by atoms with van der Waals surface area (Å²) in [7, 11) is 0. The standard InChI is InChI=1S/C16H18F5NO2/c17-15(18,8-10-6-7-10)9-12(14(23)24)22-13(16(19,20)21)11-4-2-1-3-5-11/h1-5,10,12-13,22H,6-9H2,(H,23,24)/t12-,13?/m0/s1. The Morgan fingerprint density at radius 3 is 2.21 bits per heavy atom. The van der Waals surface area contributed by atoms with Crippen LogP contribution in [0, 0.1) is 5.92 Å². The van der Waals surface area contributed by atoms with Crippen LogP contribution in [0.5, 0.6) is 0 Å². The van der Waals surface area contributed by atoms with Crippen molar-refractivity contribution in [3.63, 3.8) is 0 Å². The minimum atomic E-state index is -4.80. The Morgan fingerprint density at radius 2 is 1.75 bits per heavy atom. The zero-order valence-corrected chi connectivity index (χ0v) is 12.7. The van der Waals surface area contributed by atoms with Crippen LogP contribution in [0.25, 0.3) is 0 Å². The van der Waals surface area contributed by atoms with Crippen LogP contribution < -0.4 is 5.32 Å². The van der Waals surface area contributed by atoms with E-state index in [4.69, 9.17) is 5.11 Å². The van der Waals surface area contributed by atoms with Crippen molar-refractivity contribution in [2.75, 3.05) is 0 Å². The van der Waals surface area contributed by atoms with Gasteiger partial charge in [0.15, 0.2) is 0 Å². The maximum absolute atomic E-state index is 13.9. The molecule has 0 heterocycles. The number of hydrogen-bond acceptors (Lipinski definition) is 2. The van der Waals surface area contributed by atoms with Gasteiger partial charge in [0.25, 0.3) is 5.92 Å². The summed E-state index contributed by atoms with van der Waals surface area (Å²) in [6.45, 7) is 0. The van der Waals surface area contributed by atoms with Gasteiger partial charge in [-0.05, 0) is 24.3 Å². The molecule has 0 amide bonds. The molecule has 0 saturated heterocycles. The Hall–Kier alpha value is -1.70. The third-order valence-electron chi connectivity index (χ3n) is 3.91. The van der Waals surface area contributed by atoms with E-state index in [0.717, 1.165) is 0 Å². The smallest absolute Gasteiger partial charge is 0.407 e. The summed E-state index contributed by atoms with van der Waals surface area (Å²) in [5.41, 5.74) is -0.221. The number of aliphatic carboxylic acids is 1. The highest BCUT2D eigenvalue weighted by molar-refractivity contribution is 5.73. The molecule has 1 saturated carbocycles. The Labute approximate surface area is 135 Å². The summed E-state index contributed by atoms with van der Waals surface area (Å²) in [5.74, 6) is -5.21. The van der Waals surface area contributed by atoms with Crippen LogP contribution in [0.4, 0.5) is 22.0 Å². The molecule has 1 aromatic rings. The van der Waals surface area contributed by atoms with Crippen molar-refractivity contribution in [2.24, 2.45) is 5.92 Å². The second-order valence-corrected chi connectivity index (χ2v) is 6.15. The molecular formula is C16H18F5NO2. The van der Waals surface area contributed by atoms with E-state index in [1.165, 1.54) is 30.3 Å². The molecule has 2 N–H and O–H groups in total.